The number of halogens is 1. The molecule has 1 unspecified atom stereocenters. The number of hydrogen-bond acceptors (Lipinski definition) is 7. The molecular formula is C19H24ClN7O. The van der Waals surface area contributed by atoms with E-state index >= 15 is 0 Å². The van der Waals surface area contributed by atoms with Crippen LogP contribution in [0.3, 0.4) is 0 Å². The summed E-state index contributed by atoms with van der Waals surface area (Å²) in [6.07, 6.45) is 2.50. The van der Waals surface area contributed by atoms with E-state index in [4.69, 9.17) is 16.6 Å². The van der Waals surface area contributed by atoms with E-state index < -0.39 is 0 Å². The molecule has 0 aliphatic rings. The first kappa shape index (κ1) is 20.0. The summed E-state index contributed by atoms with van der Waals surface area (Å²) < 4.78 is 2.00. The molecule has 0 fully saturated rings. The van der Waals surface area contributed by atoms with E-state index in [-0.39, 0.29) is 18.6 Å². The first-order valence-electron chi connectivity index (χ1n) is 9.24. The maximum atomic E-state index is 10.7. The molecule has 0 saturated carbocycles. The van der Waals surface area contributed by atoms with Gasteiger partial charge in [0.2, 0.25) is 5.95 Å². The number of hydrogen-bond donors (Lipinski definition) is 1. The van der Waals surface area contributed by atoms with Crippen molar-refractivity contribution >= 4 is 40.2 Å². The van der Waals surface area contributed by atoms with Crippen LogP contribution in [0.5, 0.6) is 0 Å². The number of fused-ring (bicyclic) bond motifs is 1. The predicted molar refractivity (Wildman–Crippen MR) is 114 cm³/mol. The molecule has 0 aliphatic carbocycles. The van der Waals surface area contributed by atoms with Crippen LogP contribution in [0.2, 0.25) is 5.02 Å². The van der Waals surface area contributed by atoms with E-state index in [1.807, 2.05) is 47.7 Å². The summed E-state index contributed by atoms with van der Waals surface area (Å²) in [5, 5.41) is 6.87. The van der Waals surface area contributed by atoms with Gasteiger partial charge in [-0.3, -0.25) is 0 Å². The summed E-state index contributed by atoms with van der Waals surface area (Å²) in [6, 6.07) is 7.60. The van der Waals surface area contributed by atoms with Crippen molar-refractivity contribution in [3.05, 3.63) is 40.5 Å². The van der Waals surface area contributed by atoms with Gasteiger partial charge in [-0.15, -0.1) is 0 Å². The van der Waals surface area contributed by atoms with Crippen molar-refractivity contribution in [2.24, 2.45) is 5.18 Å². The lowest BCUT2D eigenvalue weighted by Gasteiger charge is -2.21. The molecular weight excluding hydrogens is 378 g/mol. The van der Waals surface area contributed by atoms with E-state index in [9.17, 15) is 4.91 Å². The van der Waals surface area contributed by atoms with Gasteiger partial charge in [-0.1, -0.05) is 29.8 Å². The highest BCUT2D eigenvalue weighted by molar-refractivity contribution is 6.30. The lowest BCUT2D eigenvalue weighted by Crippen LogP contribution is -2.24. The molecule has 9 heteroatoms. The smallest absolute Gasteiger partial charge is 0.227 e. The van der Waals surface area contributed by atoms with Crippen LogP contribution in [-0.2, 0) is 0 Å². The van der Waals surface area contributed by atoms with Crippen molar-refractivity contribution in [2.75, 3.05) is 23.8 Å². The standard InChI is InChI=1S/C19H24ClN7O/c1-5-14(10-22-28)23-19-24-17(26(4)15-8-6-7-13(20)9-15)16-18(25-19)27(11-21-16)12(2)3/h6-9,11-12,14H,5,10H2,1-4H3,(H,23,24,25). The minimum absolute atomic E-state index is 0.130. The van der Waals surface area contributed by atoms with Crippen LogP contribution in [0.1, 0.15) is 33.2 Å². The molecule has 1 N–H and O–H groups in total. The van der Waals surface area contributed by atoms with Gasteiger partial charge in [0.05, 0.1) is 12.4 Å². The molecule has 1 aromatic carbocycles. The second kappa shape index (κ2) is 8.52. The Labute approximate surface area is 168 Å². The van der Waals surface area contributed by atoms with Crippen LogP contribution in [0.15, 0.2) is 35.8 Å². The Morgan fingerprint density at radius 3 is 2.75 bits per heavy atom. The molecule has 2 heterocycles. The number of nitrogens with one attached hydrogen (secondary N) is 1. The summed E-state index contributed by atoms with van der Waals surface area (Å²) in [6.45, 7) is 6.28. The van der Waals surface area contributed by atoms with Gasteiger partial charge in [-0.2, -0.15) is 14.9 Å². The first-order valence-corrected chi connectivity index (χ1v) is 9.61. The van der Waals surface area contributed by atoms with Crippen molar-refractivity contribution in [1.29, 1.82) is 0 Å². The average Bonchev–Trinajstić information content (AvgIpc) is 3.10. The second-order valence-corrected chi connectivity index (χ2v) is 7.33. The molecule has 1 atom stereocenters. The number of nitrogens with zero attached hydrogens (tertiary/aromatic N) is 6. The minimum Gasteiger partial charge on any atom is -0.349 e. The highest BCUT2D eigenvalue weighted by Gasteiger charge is 2.20. The Morgan fingerprint density at radius 2 is 2.11 bits per heavy atom. The summed E-state index contributed by atoms with van der Waals surface area (Å²) in [5.41, 5.74) is 2.31. The van der Waals surface area contributed by atoms with Gasteiger partial charge in [-0.05, 0) is 38.5 Å². The molecule has 0 radical (unpaired) electrons. The third kappa shape index (κ3) is 4.06. The highest BCUT2D eigenvalue weighted by Crippen LogP contribution is 2.31. The SMILES string of the molecule is CCC(CN=O)Nc1nc(N(C)c2cccc(Cl)c2)c2ncn(C(C)C)c2n1. The maximum absolute atomic E-state index is 10.7. The summed E-state index contributed by atoms with van der Waals surface area (Å²) in [4.78, 5) is 26.5. The minimum atomic E-state index is -0.130. The van der Waals surface area contributed by atoms with Gasteiger partial charge in [0.15, 0.2) is 17.0 Å². The van der Waals surface area contributed by atoms with Crippen molar-refractivity contribution in [3.63, 3.8) is 0 Å². The summed E-state index contributed by atoms with van der Waals surface area (Å²) in [5.74, 6) is 1.09. The van der Waals surface area contributed by atoms with E-state index in [1.54, 1.807) is 6.33 Å². The Morgan fingerprint density at radius 1 is 1.32 bits per heavy atom. The number of anilines is 3. The third-order valence-corrected chi connectivity index (χ3v) is 4.83. The number of rotatable bonds is 8. The molecule has 3 rings (SSSR count). The fourth-order valence-electron chi connectivity index (χ4n) is 2.93. The zero-order valence-electron chi connectivity index (χ0n) is 16.4. The molecule has 0 aliphatic heterocycles. The van der Waals surface area contributed by atoms with E-state index in [2.05, 4.69) is 34.3 Å². The van der Waals surface area contributed by atoms with Gasteiger partial charge in [0.1, 0.15) is 6.54 Å². The van der Waals surface area contributed by atoms with Gasteiger partial charge in [0.25, 0.3) is 0 Å². The van der Waals surface area contributed by atoms with Gasteiger partial charge < -0.3 is 14.8 Å². The van der Waals surface area contributed by atoms with Crippen molar-refractivity contribution in [1.82, 2.24) is 19.5 Å². The Bertz CT molecular complexity index is 972. The summed E-state index contributed by atoms with van der Waals surface area (Å²) >= 11 is 6.16. The zero-order chi connectivity index (χ0) is 20.3. The predicted octanol–water partition coefficient (Wildman–Crippen LogP) is 4.79. The van der Waals surface area contributed by atoms with Crippen molar-refractivity contribution in [2.45, 2.75) is 39.3 Å². The lowest BCUT2D eigenvalue weighted by molar-refractivity contribution is 0.612. The van der Waals surface area contributed by atoms with E-state index in [0.717, 1.165) is 17.8 Å². The van der Waals surface area contributed by atoms with E-state index in [0.29, 0.717) is 22.3 Å². The molecule has 0 bridgehead atoms. The Balaban J connectivity index is 2.12. The number of nitroso groups, excluding NO2 is 1. The number of benzene rings is 1. The second-order valence-electron chi connectivity index (χ2n) is 6.89. The van der Waals surface area contributed by atoms with Gasteiger partial charge in [-0.25, -0.2) is 4.98 Å². The Kier molecular flexibility index (Phi) is 6.08. The normalized spacial score (nSPS) is 12.4. The van der Waals surface area contributed by atoms with E-state index in [1.165, 1.54) is 0 Å². The van der Waals surface area contributed by atoms with Gasteiger partial charge in [0, 0.05) is 23.8 Å². The maximum Gasteiger partial charge on any atom is 0.227 e. The monoisotopic (exact) mass is 401 g/mol. The van der Waals surface area contributed by atoms with Gasteiger partial charge >= 0.3 is 0 Å². The number of aromatic nitrogens is 4. The van der Waals surface area contributed by atoms with Crippen LogP contribution < -0.4 is 10.2 Å². The lowest BCUT2D eigenvalue weighted by atomic mass is 10.2. The van der Waals surface area contributed by atoms with Crippen molar-refractivity contribution in [3.8, 4) is 0 Å². The van der Waals surface area contributed by atoms with Crippen molar-refractivity contribution < 1.29 is 0 Å². The molecule has 8 nitrogen and oxygen atoms in total. The number of imidazole rings is 1. The fraction of sp³-hybridized carbons (Fsp3) is 0.421. The fourth-order valence-corrected chi connectivity index (χ4v) is 3.12. The molecule has 148 valence electrons. The van der Waals surface area contributed by atoms with Crippen LogP contribution in [0.4, 0.5) is 17.5 Å². The largest absolute Gasteiger partial charge is 0.349 e. The first-order chi connectivity index (χ1) is 13.4. The quantitative estimate of drug-likeness (QED) is 0.546. The van der Waals surface area contributed by atoms with Crippen LogP contribution in [0.25, 0.3) is 11.2 Å². The molecule has 2 aromatic heterocycles. The topological polar surface area (TPSA) is 88.3 Å². The zero-order valence-corrected chi connectivity index (χ0v) is 17.2. The Hall–Kier alpha value is -2.74. The van der Waals surface area contributed by atoms with Crippen LogP contribution in [-0.4, -0.2) is 39.2 Å². The molecule has 0 amide bonds. The van der Waals surface area contributed by atoms with Crippen LogP contribution in [0, 0.1) is 4.91 Å². The molecule has 28 heavy (non-hydrogen) atoms. The third-order valence-electron chi connectivity index (χ3n) is 4.59. The molecule has 0 spiro atoms. The molecule has 3 aromatic rings. The summed E-state index contributed by atoms with van der Waals surface area (Å²) in [7, 11) is 1.91. The van der Waals surface area contributed by atoms with Crippen LogP contribution >= 0.6 is 11.6 Å². The highest BCUT2D eigenvalue weighted by atomic mass is 35.5. The molecule has 0 saturated heterocycles. The average molecular weight is 402 g/mol.